The van der Waals surface area contributed by atoms with Crippen molar-refractivity contribution in [2.75, 3.05) is 40.5 Å². The maximum atomic E-state index is 5.65. The first-order chi connectivity index (χ1) is 8.83. The topological polar surface area (TPSA) is 60.6 Å². The fourth-order valence-corrected chi connectivity index (χ4v) is 1.73. The van der Waals surface area contributed by atoms with Gasteiger partial charge in [-0.05, 0) is 12.8 Å². The average Bonchev–Trinajstić information content (AvgIpc) is 3.13. The second-order valence-corrected chi connectivity index (χ2v) is 4.57. The zero-order valence-electron chi connectivity index (χ0n) is 11.1. The molecular weight excluding hydrogens is 234 g/mol. The van der Waals surface area contributed by atoms with Gasteiger partial charge in [-0.2, -0.15) is 0 Å². The highest BCUT2D eigenvalue weighted by Crippen LogP contribution is 2.39. The standard InChI is InChI=1S/C12H21N3O3/c1-16-7-5-15(6-8-17-2)9-11-13-14-12(18-11)10-3-4-10/h10H,3-9H2,1-2H3. The molecule has 1 aliphatic rings. The van der Waals surface area contributed by atoms with E-state index in [-0.39, 0.29) is 0 Å². The predicted molar refractivity (Wildman–Crippen MR) is 65.3 cm³/mol. The molecule has 1 fully saturated rings. The molecule has 18 heavy (non-hydrogen) atoms. The molecule has 6 nitrogen and oxygen atoms in total. The summed E-state index contributed by atoms with van der Waals surface area (Å²) in [5, 5.41) is 8.18. The normalized spacial score (nSPS) is 15.5. The molecule has 0 amide bonds. The summed E-state index contributed by atoms with van der Waals surface area (Å²) < 4.78 is 15.8. The Morgan fingerprint density at radius 1 is 1.17 bits per heavy atom. The van der Waals surface area contributed by atoms with Crippen LogP contribution in [0.2, 0.25) is 0 Å². The molecule has 2 rings (SSSR count). The lowest BCUT2D eigenvalue weighted by Gasteiger charge is -2.19. The Kier molecular flexibility index (Phi) is 5.10. The molecule has 0 saturated heterocycles. The molecule has 1 aromatic rings. The highest BCUT2D eigenvalue weighted by atomic mass is 16.5. The van der Waals surface area contributed by atoms with Crippen LogP contribution in [0.5, 0.6) is 0 Å². The van der Waals surface area contributed by atoms with Crippen molar-refractivity contribution in [3.63, 3.8) is 0 Å². The molecule has 0 aromatic carbocycles. The Morgan fingerprint density at radius 2 is 1.83 bits per heavy atom. The number of aromatic nitrogens is 2. The van der Waals surface area contributed by atoms with Crippen LogP contribution in [-0.4, -0.2) is 55.6 Å². The molecule has 1 heterocycles. The van der Waals surface area contributed by atoms with E-state index in [4.69, 9.17) is 13.9 Å². The van der Waals surface area contributed by atoms with Crippen LogP contribution >= 0.6 is 0 Å². The van der Waals surface area contributed by atoms with Gasteiger partial charge in [-0.3, -0.25) is 4.90 Å². The summed E-state index contributed by atoms with van der Waals surface area (Å²) in [4.78, 5) is 2.19. The molecule has 1 aromatic heterocycles. The largest absolute Gasteiger partial charge is 0.424 e. The van der Waals surface area contributed by atoms with Crippen molar-refractivity contribution < 1.29 is 13.9 Å². The van der Waals surface area contributed by atoms with E-state index in [1.54, 1.807) is 14.2 Å². The minimum absolute atomic E-state index is 0.512. The molecule has 0 atom stereocenters. The molecule has 102 valence electrons. The van der Waals surface area contributed by atoms with Gasteiger partial charge in [0, 0.05) is 33.2 Å². The third kappa shape index (κ3) is 4.04. The Hall–Kier alpha value is -0.980. The smallest absolute Gasteiger partial charge is 0.230 e. The van der Waals surface area contributed by atoms with E-state index in [0.717, 1.165) is 19.0 Å². The minimum atomic E-state index is 0.512. The van der Waals surface area contributed by atoms with Gasteiger partial charge in [-0.1, -0.05) is 0 Å². The summed E-state index contributed by atoms with van der Waals surface area (Å²) in [6.07, 6.45) is 2.36. The predicted octanol–water partition coefficient (Wildman–Crippen LogP) is 1.04. The summed E-state index contributed by atoms with van der Waals surface area (Å²) in [5.41, 5.74) is 0. The zero-order valence-corrected chi connectivity index (χ0v) is 11.1. The van der Waals surface area contributed by atoms with E-state index in [1.165, 1.54) is 12.8 Å². The first kappa shape index (κ1) is 13.5. The van der Waals surface area contributed by atoms with Crippen LogP contribution < -0.4 is 0 Å². The fraction of sp³-hybridized carbons (Fsp3) is 0.833. The van der Waals surface area contributed by atoms with E-state index >= 15 is 0 Å². The van der Waals surface area contributed by atoms with Gasteiger partial charge in [0.25, 0.3) is 0 Å². The number of hydrogen-bond acceptors (Lipinski definition) is 6. The maximum absolute atomic E-state index is 5.65. The van der Waals surface area contributed by atoms with Crippen molar-refractivity contribution in [3.8, 4) is 0 Å². The Morgan fingerprint density at radius 3 is 2.39 bits per heavy atom. The highest BCUT2D eigenvalue weighted by molar-refractivity contribution is 5.00. The third-order valence-corrected chi connectivity index (χ3v) is 2.99. The Balaban J connectivity index is 1.84. The van der Waals surface area contributed by atoms with Crippen molar-refractivity contribution in [2.45, 2.75) is 25.3 Å². The number of methoxy groups -OCH3 is 2. The van der Waals surface area contributed by atoms with E-state index in [2.05, 4.69) is 15.1 Å². The van der Waals surface area contributed by atoms with Crippen molar-refractivity contribution in [3.05, 3.63) is 11.8 Å². The number of nitrogens with zero attached hydrogens (tertiary/aromatic N) is 3. The summed E-state index contributed by atoms with van der Waals surface area (Å²) in [7, 11) is 3.40. The first-order valence-corrected chi connectivity index (χ1v) is 6.36. The second kappa shape index (κ2) is 6.82. The van der Waals surface area contributed by atoms with E-state index in [1.807, 2.05) is 0 Å². The van der Waals surface area contributed by atoms with Gasteiger partial charge in [0.1, 0.15) is 0 Å². The van der Waals surface area contributed by atoms with Crippen molar-refractivity contribution in [2.24, 2.45) is 0 Å². The lowest BCUT2D eigenvalue weighted by molar-refractivity contribution is 0.104. The second-order valence-electron chi connectivity index (χ2n) is 4.57. The summed E-state index contributed by atoms with van der Waals surface area (Å²) >= 11 is 0. The molecule has 6 heteroatoms. The maximum Gasteiger partial charge on any atom is 0.230 e. The minimum Gasteiger partial charge on any atom is -0.424 e. The van der Waals surface area contributed by atoms with E-state index in [9.17, 15) is 0 Å². The van der Waals surface area contributed by atoms with Gasteiger partial charge in [-0.25, -0.2) is 0 Å². The lowest BCUT2D eigenvalue weighted by atomic mass is 10.4. The van der Waals surface area contributed by atoms with Gasteiger partial charge < -0.3 is 13.9 Å². The molecule has 0 unspecified atom stereocenters. The Bertz CT molecular complexity index is 344. The quantitative estimate of drug-likeness (QED) is 0.657. The fourth-order valence-electron chi connectivity index (χ4n) is 1.73. The summed E-state index contributed by atoms with van der Waals surface area (Å²) in [6.45, 7) is 3.70. The van der Waals surface area contributed by atoms with Gasteiger partial charge in [0.05, 0.1) is 19.8 Å². The highest BCUT2D eigenvalue weighted by Gasteiger charge is 2.29. The molecule has 1 aliphatic carbocycles. The van der Waals surface area contributed by atoms with Crippen molar-refractivity contribution >= 4 is 0 Å². The molecule has 1 saturated carbocycles. The zero-order chi connectivity index (χ0) is 12.8. The molecule has 0 radical (unpaired) electrons. The van der Waals surface area contributed by atoms with Crippen LogP contribution in [0.3, 0.4) is 0 Å². The van der Waals surface area contributed by atoms with Gasteiger partial charge in [0.2, 0.25) is 11.8 Å². The van der Waals surface area contributed by atoms with Crippen LogP contribution in [-0.2, 0) is 16.0 Å². The number of rotatable bonds is 9. The summed E-state index contributed by atoms with van der Waals surface area (Å²) in [5.74, 6) is 1.99. The third-order valence-electron chi connectivity index (χ3n) is 2.99. The van der Waals surface area contributed by atoms with Crippen molar-refractivity contribution in [1.82, 2.24) is 15.1 Å². The Labute approximate surface area is 107 Å². The van der Waals surface area contributed by atoms with E-state index in [0.29, 0.717) is 31.6 Å². The first-order valence-electron chi connectivity index (χ1n) is 6.36. The van der Waals surface area contributed by atoms with Crippen LogP contribution in [0.25, 0.3) is 0 Å². The van der Waals surface area contributed by atoms with E-state index < -0.39 is 0 Å². The molecule has 0 aliphatic heterocycles. The van der Waals surface area contributed by atoms with Crippen LogP contribution in [0.4, 0.5) is 0 Å². The van der Waals surface area contributed by atoms with Gasteiger partial charge in [-0.15, -0.1) is 10.2 Å². The summed E-state index contributed by atoms with van der Waals surface area (Å²) in [6, 6.07) is 0. The molecule has 0 N–H and O–H groups in total. The average molecular weight is 255 g/mol. The molecular formula is C12H21N3O3. The molecule has 0 spiro atoms. The molecule has 0 bridgehead atoms. The van der Waals surface area contributed by atoms with Crippen LogP contribution in [0, 0.1) is 0 Å². The monoisotopic (exact) mass is 255 g/mol. The van der Waals surface area contributed by atoms with Crippen LogP contribution in [0.15, 0.2) is 4.42 Å². The van der Waals surface area contributed by atoms with Crippen LogP contribution in [0.1, 0.15) is 30.5 Å². The van der Waals surface area contributed by atoms with Gasteiger partial charge in [0.15, 0.2) is 0 Å². The number of hydrogen-bond donors (Lipinski definition) is 0. The SMILES string of the molecule is COCCN(CCOC)Cc1nnc(C2CC2)o1. The lowest BCUT2D eigenvalue weighted by Crippen LogP contribution is -2.30. The van der Waals surface area contributed by atoms with Crippen molar-refractivity contribution in [1.29, 1.82) is 0 Å². The van der Waals surface area contributed by atoms with Gasteiger partial charge >= 0.3 is 0 Å². The number of ether oxygens (including phenoxy) is 2.